The van der Waals surface area contributed by atoms with Gasteiger partial charge in [-0.2, -0.15) is 5.10 Å². The smallest absolute Gasteiger partial charge is 0.228 e. The molecule has 24 heavy (non-hydrogen) atoms. The number of aromatic amines is 1. The summed E-state index contributed by atoms with van der Waals surface area (Å²) in [7, 11) is 1.54. The molecule has 0 unspecified atom stereocenters. The fraction of sp³-hybridized carbons (Fsp3) is 0.0625. The van der Waals surface area contributed by atoms with Crippen LogP contribution in [0.4, 0.5) is 0 Å². The van der Waals surface area contributed by atoms with Crippen LogP contribution in [-0.2, 0) is 0 Å². The van der Waals surface area contributed by atoms with E-state index in [1.54, 1.807) is 31.4 Å². The zero-order valence-electron chi connectivity index (χ0n) is 12.6. The third-order valence-electron chi connectivity index (χ3n) is 3.05. The predicted molar refractivity (Wildman–Crippen MR) is 83.1 cm³/mol. The summed E-state index contributed by atoms with van der Waals surface area (Å²) in [5.41, 5.74) is 0. The third kappa shape index (κ3) is 3.27. The lowest BCUT2D eigenvalue weighted by Crippen LogP contribution is -1.98. The van der Waals surface area contributed by atoms with Gasteiger partial charge in [0.25, 0.3) is 0 Å². The molecule has 0 saturated heterocycles. The standard InChI is InChI=1S/C16H13N3O5/c1-22-10-3-2-4-11(7-10)24-14-5-6-23-15(14)12(20)8-13(21)16-17-9-18-19-16/h2-9,21H,1H3,(H,17,18,19). The summed E-state index contributed by atoms with van der Waals surface area (Å²) in [6.07, 6.45) is 3.51. The van der Waals surface area contributed by atoms with Crippen molar-refractivity contribution in [1.29, 1.82) is 0 Å². The van der Waals surface area contributed by atoms with Gasteiger partial charge in [-0.1, -0.05) is 6.07 Å². The summed E-state index contributed by atoms with van der Waals surface area (Å²) >= 11 is 0. The molecule has 0 aliphatic carbocycles. The van der Waals surface area contributed by atoms with E-state index in [-0.39, 0.29) is 23.1 Å². The first-order chi connectivity index (χ1) is 11.7. The number of hydrogen-bond donors (Lipinski definition) is 2. The van der Waals surface area contributed by atoms with Gasteiger partial charge in [0.15, 0.2) is 17.3 Å². The number of hydrogen-bond acceptors (Lipinski definition) is 7. The minimum absolute atomic E-state index is 0.0520. The van der Waals surface area contributed by atoms with E-state index in [4.69, 9.17) is 13.9 Å². The Hall–Kier alpha value is -3.55. The van der Waals surface area contributed by atoms with E-state index >= 15 is 0 Å². The summed E-state index contributed by atoms with van der Waals surface area (Å²) in [5, 5.41) is 15.9. The van der Waals surface area contributed by atoms with E-state index in [2.05, 4.69) is 15.2 Å². The molecule has 2 aromatic heterocycles. The maximum Gasteiger partial charge on any atom is 0.228 e. The molecule has 0 atom stereocenters. The van der Waals surface area contributed by atoms with E-state index in [1.807, 2.05) is 0 Å². The molecule has 2 heterocycles. The van der Waals surface area contributed by atoms with Crippen LogP contribution >= 0.6 is 0 Å². The van der Waals surface area contributed by atoms with E-state index < -0.39 is 5.78 Å². The van der Waals surface area contributed by atoms with Crippen LogP contribution in [0.2, 0.25) is 0 Å². The van der Waals surface area contributed by atoms with Gasteiger partial charge in [-0.3, -0.25) is 9.89 Å². The number of H-pyrrole nitrogens is 1. The van der Waals surface area contributed by atoms with Gasteiger partial charge in [-0.05, 0) is 12.1 Å². The summed E-state index contributed by atoms with van der Waals surface area (Å²) in [5.74, 6) is 0.400. The third-order valence-corrected chi connectivity index (χ3v) is 3.05. The monoisotopic (exact) mass is 327 g/mol. The van der Waals surface area contributed by atoms with Gasteiger partial charge in [0, 0.05) is 18.2 Å². The number of nitrogens with one attached hydrogen (secondary N) is 1. The van der Waals surface area contributed by atoms with Crippen LogP contribution in [0, 0.1) is 0 Å². The van der Waals surface area contributed by atoms with Crippen molar-refractivity contribution in [2.24, 2.45) is 0 Å². The minimum atomic E-state index is -0.577. The first kappa shape index (κ1) is 15.3. The molecule has 0 aliphatic rings. The molecule has 0 saturated carbocycles. The van der Waals surface area contributed by atoms with Crippen LogP contribution in [0.1, 0.15) is 16.4 Å². The number of aliphatic hydroxyl groups is 1. The molecule has 0 amide bonds. The Morgan fingerprint density at radius 2 is 2.17 bits per heavy atom. The zero-order valence-corrected chi connectivity index (χ0v) is 12.6. The molecule has 0 radical (unpaired) electrons. The largest absolute Gasteiger partial charge is 0.504 e. The Labute approximate surface area is 136 Å². The number of furan rings is 1. The van der Waals surface area contributed by atoms with Gasteiger partial charge in [-0.15, -0.1) is 0 Å². The second-order valence-electron chi connectivity index (χ2n) is 4.62. The van der Waals surface area contributed by atoms with Gasteiger partial charge < -0.3 is 19.0 Å². The molecule has 0 fully saturated rings. The second kappa shape index (κ2) is 6.69. The summed E-state index contributed by atoms with van der Waals surface area (Å²) in [4.78, 5) is 16.0. The number of ether oxygens (including phenoxy) is 2. The van der Waals surface area contributed by atoms with Crippen molar-refractivity contribution in [3.63, 3.8) is 0 Å². The molecular formula is C16H13N3O5. The lowest BCUT2D eigenvalue weighted by molar-refractivity contribution is 0.101. The fourth-order valence-corrected chi connectivity index (χ4v) is 1.94. The highest BCUT2D eigenvalue weighted by atomic mass is 16.5. The summed E-state index contributed by atoms with van der Waals surface area (Å²) in [6, 6.07) is 8.42. The fourth-order valence-electron chi connectivity index (χ4n) is 1.94. The molecule has 1 aromatic carbocycles. The number of ketones is 1. The molecule has 0 aliphatic heterocycles. The number of nitrogens with zero attached hydrogens (tertiary/aromatic N) is 2. The highest BCUT2D eigenvalue weighted by Gasteiger charge is 2.17. The highest BCUT2D eigenvalue weighted by Crippen LogP contribution is 2.29. The Balaban J connectivity index is 1.82. The SMILES string of the molecule is COc1cccc(Oc2ccoc2C(=O)C=C(O)c2ncn[nH]2)c1. The van der Waals surface area contributed by atoms with E-state index in [9.17, 15) is 9.90 Å². The van der Waals surface area contributed by atoms with Crippen molar-refractivity contribution in [3.05, 3.63) is 60.6 Å². The molecule has 0 bridgehead atoms. The Kier molecular flexibility index (Phi) is 4.28. The highest BCUT2D eigenvalue weighted by molar-refractivity contribution is 6.07. The maximum atomic E-state index is 12.2. The molecule has 0 spiro atoms. The number of allylic oxidation sites excluding steroid dienone is 1. The Bertz CT molecular complexity index is 867. The Morgan fingerprint density at radius 1 is 1.33 bits per heavy atom. The normalized spacial score (nSPS) is 11.3. The lowest BCUT2D eigenvalue weighted by Gasteiger charge is -2.06. The molecule has 8 nitrogen and oxygen atoms in total. The molecule has 3 rings (SSSR count). The topological polar surface area (TPSA) is 110 Å². The first-order valence-electron chi connectivity index (χ1n) is 6.87. The molecule has 3 aromatic rings. The van der Waals surface area contributed by atoms with Gasteiger partial charge >= 0.3 is 0 Å². The number of rotatable bonds is 6. The molecular weight excluding hydrogens is 314 g/mol. The summed E-state index contributed by atoms with van der Waals surface area (Å²) in [6.45, 7) is 0. The molecule has 122 valence electrons. The molecule has 8 heteroatoms. The van der Waals surface area contributed by atoms with Crippen LogP contribution in [0.5, 0.6) is 17.2 Å². The van der Waals surface area contributed by atoms with Crippen LogP contribution < -0.4 is 9.47 Å². The van der Waals surface area contributed by atoms with Crippen molar-refractivity contribution < 1.29 is 23.8 Å². The second-order valence-corrected chi connectivity index (χ2v) is 4.62. The van der Waals surface area contributed by atoms with Crippen LogP contribution in [0.15, 0.2) is 53.4 Å². The van der Waals surface area contributed by atoms with Gasteiger partial charge in [-0.25, -0.2) is 4.98 Å². The van der Waals surface area contributed by atoms with Crippen molar-refractivity contribution >= 4 is 11.5 Å². The molecule has 2 N–H and O–H groups in total. The van der Waals surface area contributed by atoms with Crippen molar-refractivity contribution in [1.82, 2.24) is 15.2 Å². The number of carbonyl (C=O) groups is 1. The Morgan fingerprint density at radius 3 is 2.92 bits per heavy atom. The average Bonchev–Trinajstić information content (AvgIpc) is 3.26. The van der Waals surface area contributed by atoms with E-state index in [0.717, 1.165) is 6.08 Å². The maximum absolute atomic E-state index is 12.2. The van der Waals surface area contributed by atoms with E-state index in [0.29, 0.717) is 11.5 Å². The predicted octanol–water partition coefficient (Wildman–Crippen LogP) is 2.98. The van der Waals surface area contributed by atoms with Crippen molar-refractivity contribution in [2.45, 2.75) is 0 Å². The number of methoxy groups -OCH3 is 1. The van der Waals surface area contributed by atoms with Crippen LogP contribution in [0.25, 0.3) is 5.76 Å². The van der Waals surface area contributed by atoms with Crippen molar-refractivity contribution in [2.75, 3.05) is 7.11 Å². The van der Waals surface area contributed by atoms with Crippen LogP contribution in [0.3, 0.4) is 0 Å². The number of carbonyl (C=O) groups excluding carboxylic acids is 1. The van der Waals surface area contributed by atoms with Gasteiger partial charge in [0.2, 0.25) is 11.5 Å². The van der Waals surface area contributed by atoms with Crippen LogP contribution in [-0.4, -0.2) is 33.2 Å². The number of benzene rings is 1. The average molecular weight is 327 g/mol. The van der Waals surface area contributed by atoms with E-state index in [1.165, 1.54) is 18.7 Å². The first-order valence-corrected chi connectivity index (χ1v) is 6.87. The summed E-state index contributed by atoms with van der Waals surface area (Å²) < 4.78 is 15.9. The number of aromatic nitrogens is 3. The quantitative estimate of drug-likeness (QED) is 0.407. The lowest BCUT2D eigenvalue weighted by atomic mass is 10.2. The van der Waals surface area contributed by atoms with Crippen molar-refractivity contribution in [3.8, 4) is 17.2 Å². The number of aliphatic hydroxyl groups excluding tert-OH is 1. The zero-order chi connectivity index (χ0) is 16.9. The van der Waals surface area contributed by atoms with Gasteiger partial charge in [0.05, 0.1) is 13.4 Å². The van der Waals surface area contributed by atoms with Gasteiger partial charge in [0.1, 0.15) is 17.8 Å². The minimum Gasteiger partial charge on any atom is -0.504 e.